The van der Waals surface area contributed by atoms with Crippen molar-refractivity contribution < 1.29 is 4.79 Å². The fraction of sp³-hybridized carbons (Fsp3) is 0.724. The second kappa shape index (κ2) is 14.6. The summed E-state index contributed by atoms with van der Waals surface area (Å²) < 4.78 is 0. The van der Waals surface area contributed by atoms with Crippen LogP contribution in [0.2, 0.25) is 0 Å². The fourth-order valence-corrected chi connectivity index (χ4v) is 5.07. The number of hydrogen-bond donors (Lipinski definition) is 0. The molecule has 0 amide bonds. The van der Waals surface area contributed by atoms with Crippen molar-refractivity contribution in [1.82, 2.24) is 9.80 Å². The molecule has 0 fully saturated rings. The summed E-state index contributed by atoms with van der Waals surface area (Å²) >= 11 is 0. The number of allylic oxidation sites excluding steroid dienone is 6. The zero-order chi connectivity index (χ0) is 25.0. The van der Waals surface area contributed by atoms with Crippen molar-refractivity contribution in [3.63, 3.8) is 0 Å². The lowest BCUT2D eigenvalue weighted by Crippen LogP contribution is -2.39. The molecular weight excluding hydrogens is 406 g/mol. The minimum absolute atomic E-state index is 0.219. The van der Waals surface area contributed by atoms with Crippen LogP contribution in [-0.4, -0.2) is 56.2 Å². The van der Waals surface area contributed by atoms with Gasteiger partial charge in [0.05, 0.1) is 0 Å². The van der Waals surface area contributed by atoms with Crippen LogP contribution in [0.4, 0.5) is 0 Å². The summed E-state index contributed by atoms with van der Waals surface area (Å²) in [5, 5.41) is 0. The highest BCUT2D eigenvalue weighted by Crippen LogP contribution is 2.43. The maximum Gasteiger partial charge on any atom is 0.147 e. The molecule has 0 N–H and O–H groups in total. The minimum Gasteiger partial charge on any atom is -0.333 e. The molecule has 1 aliphatic carbocycles. The molecule has 4 heteroatoms. The van der Waals surface area contributed by atoms with Gasteiger partial charge < -0.3 is 9.80 Å². The number of aldehydes is 1. The predicted octanol–water partition coefficient (Wildman–Crippen LogP) is 7.04. The summed E-state index contributed by atoms with van der Waals surface area (Å²) in [5.41, 5.74) is 4.94. The maximum atomic E-state index is 11.6. The average molecular weight is 458 g/mol. The van der Waals surface area contributed by atoms with Crippen molar-refractivity contribution in [3.05, 3.63) is 34.6 Å². The topological polar surface area (TPSA) is 35.9 Å². The number of carbonyl (C=O) groups is 1. The molecule has 0 aliphatic heterocycles. The third-order valence-corrected chi connectivity index (χ3v) is 7.41. The van der Waals surface area contributed by atoms with E-state index in [1.54, 1.807) is 0 Å². The molecule has 4 nitrogen and oxygen atoms in total. The first kappa shape index (κ1) is 29.4. The molecule has 2 unspecified atom stereocenters. The minimum atomic E-state index is 0.219. The second-order valence-corrected chi connectivity index (χ2v) is 10.5. The van der Waals surface area contributed by atoms with Gasteiger partial charge in [-0.15, -0.1) is 0 Å². The molecule has 0 saturated heterocycles. The molecule has 33 heavy (non-hydrogen) atoms. The summed E-state index contributed by atoms with van der Waals surface area (Å²) in [6.07, 6.45) is 15.3. The van der Waals surface area contributed by atoms with Gasteiger partial charge in [0.15, 0.2) is 0 Å². The summed E-state index contributed by atoms with van der Waals surface area (Å²) in [7, 11) is 6.12. The number of hydrogen-bond acceptors (Lipinski definition) is 3. The highest BCUT2D eigenvalue weighted by Gasteiger charge is 2.34. The van der Waals surface area contributed by atoms with Crippen LogP contribution in [0.1, 0.15) is 92.9 Å². The lowest BCUT2D eigenvalue weighted by Gasteiger charge is -2.39. The molecular formula is C29H51N3O. The van der Waals surface area contributed by atoms with Gasteiger partial charge in [0.1, 0.15) is 12.1 Å². The first-order chi connectivity index (χ1) is 15.6. The Hall–Kier alpha value is -1.68. The Morgan fingerprint density at radius 2 is 1.91 bits per heavy atom. The van der Waals surface area contributed by atoms with Gasteiger partial charge in [0.25, 0.3) is 0 Å². The van der Waals surface area contributed by atoms with Gasteiger partial charge in [-0.3, -0.25) is 9.79 Å². The molecule has 0 bridgehead atoms. The highest BCUT2D eigenvalue weighted by atomic mass is 16.1. The zero-order valence-electron chi connectivity index (χ0n) is 23.1. The molecule has 0 heterocycles. The molecule has 188 valence electrons. The van der Waals surface area contributed by atoms with E-state index in [9.17, 15) is 4.79 Å². The smallest absolute Gasteiger partial charge is 0.147 e. The Bertz CT molecular complexity index is 744. The predicted molar refractivity (Wildman–Crippen MR) is 145 cm³/mol. The first-order valence-corrected chi connectivity index (χ1v) is 13.0. The van der Waals surface area contributed by atoms with Crippen LogP contribution < -0.4 is 0 Å². The number of unbranched alkanes of at least 4 members (excludes halogenated alkanes) is 1. The van der Waals surface area contributed by atoms with E-state index in [-0.39, 0.29) is 5.41 Å². The normalized spacial score (nSPS) is 19.9. The molecule has 0 aromatic carbocycles. The van der Waals surface area contributed by atoms with Gasteiger partial charge in [-0.25, -0.2) is 0 Å². The van der Waals surface area contributed by atoms with Crippen molar-refractivity contribution >= 4 is 12.1 Å². The maximum absolute atomic E-state index is 11.6. The van der Waals surface area contributed by atoms with Gasteiger partial charge >= 0.3 is 0 Å². The molecule has 2 atom stereocenters. The van der Waals surface area contributed by atoms with E-state index in [4.69, 9.17) is 4.99 Å². The van der Waals surface area contributed by atoms with Crippen LogP contribution in [0.25, 0.3) is 0 Å². The number of likely N-dealkylation sites (N-methyl/N-ethyl adjacent to an activating group) is 1. The van der Waals surface area contributed by atoms with Gasteiger partial charge in [-0.1, -0.05) is 56.4 Å². The summed E-state index contributed by atoms with van der Waals surface area (Å²) in [4.78, 5) is 20.9. The van der Waals surface area contributed by atoms with Crippen molar-refractivity contribution in [3.8, 4) is 0 Å². The van der Waals surface area contributed by atoms with E-state index in [0.717, 1.165) is 49.3 Å². The molecule has 0 aromatic heterocycles. The van der Waals surface area contributed by atoms with Crippen LogP contribution in [0.15, 0.2) is 39.6 Å². The van der Waals surface area contributed by atoms with E-state index in [1.807, 2.05) is 14.0 Å². The lowest BCUT2D eigenvalue weighted by molar-refractivity contribution is -0.105. The monoisotopic (exact) mass is 457 g/mol. The number of carbonyl (C=O) groups excluding carboxylic acids is 1. The van der Waals surface area contributed by atoms with Gasteiger partial charge in [-0.2, -0.15) is 0 Å². The van der Waals surface area contributed by atoms with E-state index >= 15 is 0 Å². The number of amidine groups is 1. The standard InChI is InChI=1S/C29H51N3O/c1-10-12-15-29(11-2,20-27-14-13-23(3)18-24(4)19-27)21-28(30-7)32(17-16-31(8)9)26(6)25(5)22-33/h18-19,22,27H,10-17,20-21H2,1-9H3/b26-25-,30-28-. The quantitative estimate of drug-likeness (QED) is 0.129. The largest absolute Gasteiger partial charge is 0.333 e. The summed E-state index contributed by atoms with van der Waals surface area (Å²) in [6.45, 7) is 14.9. The Balaban J connectivity index is 3.30. The van der Waals surface area contributed by atoms with Crippen LogP contribution in [0.5, 0.6) is 0 Å². The van der Waals surface area contributed by atoms with Crippen molar-refractivity contribution in [1.29, 1.82) is 0 Å². The third kappa shape index (κ3) is 9.60. The molecule has 0 spiro atoms. The highest BCUT2D eigenvalue weighted by molar-refractivity contribution is 5.86. The Morgan fingerprint density at radius 1 is 1.21 bits per heavy atom. The molecule has 0 radical (unpaired) electrons. The van der Waals surface area contributed by atoms with Crippen molar-refractivity contribution in [2.24, 2.45) is 16.3 Å². The van der Waals surface area contributed by atoms with Gasteiger partial charge in [0.2, 0.25) is 0 Å². The van der Waals surface area contributed by atoms with E-state index in [2.05, 4.69) is 70.7 Å². The average Bonchev–Trinajstić information content (AvgIpc) is 2.94. The first-order valence-electron chi connectivity index (χ1n) is 13.0. The van der Waals surface area contributed by atoms with Crippen molar-refractivity contribution in [2.45, 2.75) is 92.9 Å². The van der Waals surface area contributed by atoms with Crippen LogP contribution in [0.3, 0.4) is 0 Å². The van der Waals surface area contributed by atoms with Crippen molar-refractivity contribution in [2.75, 3.05) is 34.2 Å². The lowest BCUT2D eigenvalue weighted by atomic mass is 9.70. The Labute approximate surface area is 204 Å². The van der Waals surface area contributed by atoms with E-state index < -0.39 is 0 Å². The fourth-order valence-electron chi connectivity index (χ4n) is 5.07. The molecule has 0 saturated carbocycles. The SMILES string of the molecule is CCCCC(CC)(C/C(=N/C)N(CCN(C)C)/C(C)=C(/C)C=O)CC1C=C(C)C=C(C)CC1. The number of rotatable bonds is 13. The second-order valence-electron chi connectivity index (χ2n) is 10.5. The Kier molecular flexibility index (Phi) is 12.9. The van der Waals surface area contributed by atoms with E-state index in [0.29, 0.717) is 5.92 Å². The van der Waals surface area contributed by atoms with Crippen LogP contribution in [0, 0.1) is 11.3 Å². The number of aliphatic imine (C=N–C) groups is 1. The van der Waals surface area contributed by atoms with Gasteiger partial charge in [0, 0.05) is 37.8 Å². The van der Waals surface area contributed by atoms with Gasteiger partial charge in [-0.05, 0) is 78.8 Å². The van der Waals surface area contributed by atoms with E-state index in [1.165, 1.54) is 49.7 Å². The Morgan fingerprint density at radius 3 is 2.45 bits per heavy atom. The van der Waals surface area contributed by atoms with Crippen LogP contribution in [-0.2, 0) is 4.79 Å². The third-order valence-electron chi connectivity index (χ3n) is 7.41. The molecule has 0 aromatic rings. The molecule has 1 rings (SSSR count). The summed E-state index contributed by atoms with van der Waals surface area (Å²) in [6, 6.07) is 0. The zero-order valence-corrected chi connectivity index (χ0v) is 23.1. The molecule has 1 aliphatic rings. The van der Waals surface area contributed by atoms with Crippen LogP contribution >= 0.6 is 0 Å². The number of nitrogens with zero attached hydrogens (tertiary/aromatic N) is 3. The summed E-state index contributed by atoms with van der Waals surface area (Å²) in [5.74, 6) is 1.73.